The maximum atomic E-state index is 12.4. The first-order valence-corrected chi connectivity index (χ1v) is 9.42. The summed E-state index contributed by atoms with van der Waals surface area (Å²) in [5, 5.41) is 6.30. The Labute approximate surface area is 163 Å². The van der Waals surface area contributed by atoms with E-state index in [9.17, 15) is 4.79 Å². The number of imidazole rings is 1. The number of nitrogens with zero attached hydrogens (tertiary/aromatic N) is 3. The zero-order valence-corrected chi connectivity index (χ0v) is 15.9. The minimum atomic E-state index is -0.0182. The summed E-state index contributed by atoms with van der Waals surface area (Å²) < 4.78 is 18.3. The third-order valence-electron chi connectivity index (χ3n) is 4.89. The predicted octanol–water partition coefficient (Wildman–Crippen LogP) is 0.290. The molecule has 9 nitrogen and oxygen atoms in total. The first-order valence-electron chi connectivity index (χ1n) is 9.42. The van der Waals surface area contributed by atoms with Crippen molar-refractivity contribution in [2.45, 2.75) is 6.04 Å². The SMILES string of the molecule is Cn1ccnc1C1CNCCN1CC(=O)NCCOc1ccc2c(c1)OCO2. The highest BCUT2D eigenvalue weighted by Crippen LogP contribution is 2.34. The molecule has 28 heavy (non-hydrogen) atoms. The zero-order chi connectivity index (χ0) is 19.3. The van der Waals surface area contributed by atoms with Gasteiger partial charge >= 0.3 is 0 Å². The molecule has 1 aromatic heterocycles. The van der Waals surface area contributed by atoms with Gasteiger partial charge in [0.2, 0.25) is 12.7 Å². The Hall–Kier alpha value is -2.78. The maximum absolute atomic E-state index is 12.4. The van der Waals surface area contributed by atoms with Crippen molar-refractivity contribution in [1.29, 1.82) is 0 Å². The molecule has 2 aromatic rings. The molecule has 2 aliphatic rings. The number of amides is 1. The summed E-state index contributed by atoms with van der Waals surface area (Å²) in [5.74, 6) is 3.04. The van der Waals surface area contributed by atoms with Gasteiger partial charge in [0.25, 0.3) is 0 Å². The molecular formula is C19H25N5O4. The molecule has 150 valence electrons. The highest BCUT2D eigenvalue weighted by atomic mass is 16.7. The molecule has 3 heterocycles. The van der Waals surface area contributed by atoms with Crippen LogP contribution < -0.4 is 24.8 Å². The number of aromatic nitrogens is 2. The van der Waals surface area contributed by atoms with E-state index in [-0.39, 0.29) is 18.7 Å². The van der Waals surface area contributed by atoms with Gasteiger partial charge in [0, 0.05) is 45.1 Å². The molecule has 1 atom stereocenters. The average Bonchev–Trinajstić information content (AvgIpc) is 3.34. The number of hydrogen-bond acceptors (Lipinski definition) is 7. The van der Waals surface area contributed by atoms with Crippen LogP contribution >= 0.6 is 0 Å². The van der Waals surface area contributed by atoms with E-state index in [1.807, 2.05) is 29.9 Å². The second kappa shape index (κ2) is 8.49. The van der Waals surface area contributed by atoms with E-state index >= 15 is 0 Å². The van der Waals surface area contributed by atoms with Crippen molar-refractivity contribution in [3.05, 3.63) is 36.4 Å². The summed E-state index contributed by atoms with van der Waals surface area (Å²) in [6.45, 7) is 3.84. The van der Waals surface area contributed by atoms with Crippen molar-refractivity contribution < 1.29 is 19.0 Å². The van der Waals surface area contributed by atoms with Crippen LogP contribution in [0.25, 0.3) is 0 Å². The van der Waals surface area contributed by atoms with Crippen LogP contribution in [0.4, 0.5) is 0 Å². The zero-order valence-electron chi connectivity index (χ0n) is 15.9. The standard InChI is InChI=1S/C19H25N5O4/c1-23-7-5-22-19(23)15-11-20-4-8-24(15)12-18(25)21-6-9-26-14-2-3-16-17(10-14)28-13-27-16/h2-3,5,7,10,15,20H,4,6,8-9,11-13H2,1H3,(H,21,25). The third-order valence-corrected chi connectivity index (χ3v) is 4.89. The first kappa shape index (κ1) is 18.6. The van der Waals surface area contributed by atoms with Crippen LogP contribution in [-0.2, 0) is 11.8 Å². The normalized spacial score (nSPS) is 18.8. The second-order valence-corrected chi connectivity index (χ2v) is 6.80. The number of benzene rings is 1. The quantitative estimate of drug-likeness (QED) is 0.660. The summed E-state index contributed by atoms with van der Waals surface area (Å²) in [6, 6.07) is 5.53. The van der Waals surface area contributed by atoms with E-state index in [4.69, 9.17) is 14.2 Å². The number of aryl methyl sites for hydroxylation is 1. The van der Waals surface area contributed by atoms with Gasteiger partial charge in [-0.1, -0.05) is 0 Å². The van der Waals surface area contributed by atoms with Crippen LogP contribution in [-0.4, -0.2) is 66.5 Å². The molecule has 0 radical (unpaired) electrons. The number of piperazine rings is 1. The van der Waals surface area contributed by atoms with E-state index in [0.717, 1.165) is 31.2 Å². The number of ether oxygens (including phenoxy) is 3. The Morgan fingerprint density at radius 1 is 1.39 bits per heavy atom. The fourth-order valence-electron chi connectivity index (χ4n) is 3.45. The van der Waals surface area contributed by atoms with Gasteiger partial charge in [-0.15, -0.1) is 0 Å². The van der Waals surface area contributed by atoms with Gasteiger partial charge < -0.3 is 29.4 Å². The van der Waals surface area contributed by atoms with Gasteiger partial charge in [-0.05, 0) is 12.1 Å². The van der Waals surface area contributed by atoms with Crippen molar-refractivity contribution in [1.82, 2.24) is 25.1 Å². The third kappa shape index (κ3) is 4.20. The Morgan fingerprint density at radius 3 is 3.14 bits per heavy atom. The molecule has 1 saturated heterocycles. The summed E-state index contributed by atoms with van der Waals surface area (Å²) in [6.07, 6.45) is 3.71. The number of hydrogen-bond donors (Lipinski definition) is 2. The van der Waals surface area contributed by atoms with Crippen molar-refractivity contribution in [2.75, 3.05) is 46.1 Å². The van der Waals surface area contributed by atoms with Crippen LogP contribution in [0.5, 0.6) is 17.2 Å². The second-order valence-electron chi connectivity index (χ2n) is 6.80. The van der Waals surface area contributed by atoms with Crippen LogP contribution in [0.15, 0.2) is 30.6 Å². The van der Waals surface area contributed by atoms with Crippen LogP contribution in [0.2, 0.25) is 0 Å². The van der Waals surface area contributed by atoms with Gasteiger partial charge in [0.1, 0.15) is 18.2 Å². The summed E-state index contributed by atoms with van der Waals surface area (Å²) >= 11 is 0. The lowest BCUT2D eigenvalue weighted by Crippen LogP contribution is -2.50. The highest BCUT2D eigenvalue weighted by molar-refractivity contribution is 5.78. The molecule has 0 bridgehead atoms. The molecule has 2 aliphatic heterocycles. The van der Waals surface area contributed by atoms with Crippen molar-refractivity contribution in [3.8, 4) is 17.2 Å². The monoisotopic (exact) mass is 387 g/mol. The topological polar surface area (TPSA) is 89.9 Å². The smallest absolute Gasteiger partial charge is 0.234 e. The largest absolute Gasteiger partial charge is 0.492 e. The fourth-order valence-corrected chi connectivity index (χ4v) is 3.45. The lowest BCUT2D eigenvalue weighted by atomic mass is 10.1. The van der Waals surface area contributed by atoms with Gasteiger partial charge in [-0.3, -0.25) is 9.69 Å². The molecule has 0 spiro atoms. The van der Waals surface area contributed by atoms with E-state index in [1.54, 1.807) is 12.3 Å². The maximum Gasteiger partial charge on any atom is 0.234 e. The molecule has 9 heteroatoms. The molecule has 1 aromatic carbocycles. The minimum absolute atomic E-state index is 0.0182. The molecule has 0 aliphatic carbocycles. The number of carbonyl (C=O) groups excluding carboxylic acids is 1. The lowest BCUT2D eigenvalue weighted by molar-refractivity contribution is -0.123. The molecule has 4 rings (SSSR count). The van der Waals surface area contributed by atoms with Gasteiger partial charge in [-0.25, -0.2) is 4.98 Å². The molecule has 1 unspecified atom stereocenters. The fraction of sp³-hybridized carbons (Fsp3) is 0.474. The Balaban J connectivity index is 1.23. The summed E-state index contributed by atoms with van der Waals surface area (Å²) in [4.78, 5) is 19.0. The molecule has 0 saturated carbocycles. The Morgan fingerprint density at radius 2 is 2.29 bits per heavy atom. The van der Waals surface area contributed by atoms with Gasteiger partial charge in [-0.2, -0.15) is 0 Å². The first-order chi connectivity index (χ1) is 13.7. The number of rotatable bonds is 7. The Kier molecular flexibility index (Phi) is 5.63. The van der Waals surface area contributed by atoms with Gasteiger partial charge in [0.05, 0.1) is 19.1 Å². The molecule has 1 amide bonds. The number of carbonyl (C=O) groups is 1. The Bertz CT molecular complexity index is 824. The van der Waals surface area contributed by atoms with Gasteiger partial charge in [0.15, 0.2) is 11.5 Å². The molecular weight excluding hydrogens is 362 g/mol. The summed E-state index contributed by atoms with van der Waals surface area (Å²) in [7, 11) is 1.97. The van der Waals surface area contributed by atoms with Crippen LogP contribution in [0.1, 0.15) is 11.9 Å². The van der Waals surface area contributed by atoms with E-state index < -0.39 is 0 Å². The van der Waals surface area contributed by atoms with E-state index in [1.165, 1.54) is 0 Å². The van der Waals surface area contributed by atoms with E-state index in [2.05, 4.69) is 20.5 Å². The lowest BCUT2D eigenvalue weighted by Gasteiger charge is -2.35. The van der Waals surface area contributed by atoms with E-state index in [0.29, 0.717) is 31.2 Å². The van der Waals surface area contributed by atoms with Crippen molar-refractivity contribution in [2.24, 2.45) is 7.05 Å². The van der Waals surface area contributed by atoms with Crippen LogP contribution in [0.3, 0.4) is 0 Å². The van der Waals surface area contributed by atoms with Crippen molar-refractivity contribution in [3.63, 3.8) is 0 Å². The molecule has 1 fully saturated rings. The number of nitrogens with one attached hydrogen (secondary N) is 2. The minimum Gasteiger partial charge on any atom is -0.492 e. The van der Waals surface area contributed by atoms with Crippen molar-refractivity contribution >= 4 is 5.91 Å². The number of fused-ring (bicyclic) bond motifs is 1. The molecule has 2 N–H and O–H groups in total. The summed E-state index contributed by atoms with van der Waals surface area (Å²) in [5.41, 5.74) is 0. The average molecular weight is 387 g/mol. The highest BCUT2D eigenvalue weighted by Gasteiger charge is 2.28. The predicted molar refractivity (Wildman–Crippen MR) is 101 cm³/mol. The van der Waals surface area contributed by atoms with Crippen LogP contribution in [0, 0.1) is 0 Å².